The van der Waals surface area contributed by atoms with E-state index in [2.05, 4.69) is 67.7 Å². The third-order valence-electron chi connectivity index (χ3n) is 9.10. The lowest BCUT2D eigenvalue weighted by atomic mass is 9.85. The second-order valence-electron chi connectivity index (χ2n) is 14.2. The van der Waals surface area contributed by atoms with E-state index in [9.17, 15) is 14.4 Å². The van der Waals surface area contributed by atoms with Gasteiger partial charge in [0.05, 0.1) is 50.8 Å². The van der Waals surface area contributed by atoms with Gasteiger partial charge in [0.1, 0.15) is 23.7 Å². The number of carbonyl (C=O) groups excluding carboxylic acids is 3. The van der Waals surface area contributed by atoms with Crippen molar-refractivity contribution < 1.29 is 23.9 Å². The van der Waals surface area contributed by atoms with Gasteiger partial charge in [-0.2, -0.15) is 0 Å². The van der Waals surface area contributed by atoms with E-state index < -0.39 is 0 Å². The number of anilines is 2. The van der Waals surface area contributed by atoms with Crippen molar-refractivity contribution in [3.63, 3.8) is 0 Å². The van der Waals surface area contributed by atoms with Gasteiger partial charge in [-0.25, -0.2) is 9.97 Å². The fraction of sp³-hybridized carbons (Fsp3) is 0.595. The summed E-state index contributed by atoms with van der Waals surface area (Å²) >= 11 is 0. The van der Waals surface area contributed by atoms with E-state index in [4.69, 9.17) is 19.4 Å². The first-order chi connectivity index (χ1) is 24.8. The lowest BCUT2D eigenvalue weighted by Crippen LogP contribution is -2.43. The molecular formula is C37H56N10O5. The number of aryl methyl sites for hydroxylation is 1. The monoisotopic (exact) mass is 720 g/mol. The molecule has 15 nitrogen and oxygen atoms in total. The summed E-state index contributed by atoms with van der Waals surface area (Å²) in [6.07, 6.45) is 2.84. The average Bonchev–Trinajstić information content (AvgIpc) is 3.73. The third kappa shape index (κ3) is 10.8. The lowest BCUT2D eigenvalue weighted by molar-refractivity contribution is -0.123. The number of nitrogens with one attached hydrogen (secondary N) is 3. The number of fused-ring (bicyclic) bond motifs is 1. The van der Waals surface area contributed by atoms with Crippen molar-refractivity contribution in [3.8, 4) is 11.5 Å². The Hall–Kier alpha value is -4.47. The number of carbonyl (C=O) groups is 3. The Morgan fingerprint density at radius 2 is 1.79 bits per heavy atom. The minimum atomic E-state index is -0.183. The highest BCUT2D eigenvalue weighted by Gasteiger charge is 2.33. The molecule has 3 N–H and O–H groups in total. The molecule has 0 radical (unpaired) electrons. The molecule has 0 spiro atoms. The second-order valence-corrected chi connectivity index (χ2v) is 14.2. The van der Waals surface area contributed by atoms with E-state index in [0.717, 1.165) is 12.0 Å². The summed E-state index contributed by atoms with van der Waals surface area (Å²) in [5.41, 5.74) is 2.70. The van der Waals surface area contributed by atoms with Gasteiger partial charge in [0.15, 0.2) is 5.82 Å². The maximum absolute atomic E-state index is 13.8. The molecule has 284 valence electrons. The van der Waals surface area contributed by atoms with E-state index >= 15 is 0 Å². The molecule has 1 aliphatic rings. The largest absolute Gasteiger partial charge is 0.379 e. The van der Waals surface area contributed by atoms with Crippen LogP contribution in [0.1, 0.15) is 82.9 Å². The number of amides is 3. The topological polar surface area (TPSA) is 169 Å². The number of nitrogens with zero attached hydrogens (tertiary/aromatic N) is 7. The van der Waals surface area contributed by atoms with Crippen LogP contribution in [0.25, 0.3) is 11.5 Å². The van der Waals surface area contributed by atoms with Gasteiger partial charge in [0.25, 0.3) is 5.91 Å². The molecule has 15 heteroatoms. The predicted molar refractivity (Wildman–Crippen MR) is 200 cm³/mol. The zero-order chi connectivity index (χ0) is 37.8. The van der Waals surface area contributed by atoms with Gasteiger partial charge < -0.3 is 34.9 Å². The molecule has 52 heavy (non-hydrogen) atoms. The molecule has 4 rings (SSSR count). The van der Waals surface area contributed by atoms with Crippen LogP contribution in [0.4, 0.5) is 11.6 Å². The molecule has 0 saturated heterocycles. The molecule has 0 unspecified atom stereocenters. The van der Waals surface area contributed by atoms with Crippen molar-refractivity contribution in [3.05, 3.63) is 47.4 Å². The van der Waals surface area contributed by atoms with E-state index in [1.54, 1.807) is 11.2 Å². The van der Waals surface area contributed by atoms with Crippen molar-refractivity contribution in [2.45, 2.75) is 93.0 Å². The normalized spacial score (nSPS) is 13.4. The zero-order valence-electron chi connectivity index (χ0n) is 32.0. The first-order valence-corrected chi connectivity index (χ1v) is 18.2. The fourth-order valence-electron chi connectivity index (χ4n) is 5.82. The Balaban J connectivity index is 1.24. The van der Waals surface area contributed by atoms with Gasteiger partial charge in [-0.15, -0.1) is 10.2 Å². The highest BCUT2D eigenvalue weighted by molar-refractivity contribution is 6.10. The van der Waals surface area contributed by atoms with Crippen LogP contribution < -0.4 is 25.8 Å². The van der Waals surface area contributed by atoms with Crippen LogP contribution in [-0.2, 0) is 38.7 Å². The zero-order valence-corrected chi connectivity index (χ0v) is 32.0. The van der Waals surface area contributed by atoms with Crippen LogP contribution in [-0.4, -0.2) is 101 Å². The fourth-order valence-corrected chi connectivity index (χ4v) is 5.82. The maximum Gasteiger partial charge on any atom is 0.260 e. The van der Waals surface area contributed by atoms with Crippen molar-refractivity contribution in [1.29, 1.82) is 0 Å². The van der Waals surface area contributed by atoms with Crippen molar-refractivity contribution in [2.24, 2.45) is 5.41 Å². The summed E-state index contributed by atoms with van der Waals surface area (Å²) in [5, 5.41) is 17.4. The smallest absolute Gasteiger partial charge is 0.260 e. The standard InChI is InChI=1S/C37H56N10O5/c1-9-30(37(5,6)7)43-33(48)14-16-51-18-19-52-17-15-39-34(49)22-38-21-29-27-23-47(36(50)26(27)20-32(42-29)45(8)25(3)4)31-13-11-12-28(41-31)35-44-40-24-46(35)10-2/h11-13,20,24-25,30,38H,9-10,14-19,21-23H2,1-8H3,(H,39,49)(H,43,48)/t30-/m1/s1. The number of pyridine rings is 2. The van der Waals surface area contributed by atoms with Crippen molar-refractivity contribution in [1.82, 2.24) is 40.7 Å². The summed E-state index contributed by atoms with van der Waals surface area (Å²) in [7, 11) is 1.94. The number of ether oxygens (including phenoxy) is 2. The Morgan fingerprint density at radius 1 is 1.04 bits per heavy atom. The molecule has 3 aromatic rings. The predicted octanol–water partition coefficient (Wildman–Crippen LogP) is 3.33. The molecule has 4 heterocycles. The summed E-state index contributed by atoms with van der Waals surface area (Å²) in [5.74, 6) is 1.47. The molecule has 1 atom stereocenters. The minimum absolute atomic E-state index is 0.00860. The number of hydrogen-bond donors (Lipinski definition) is 3. The quantitative estimate of drug-likeness (QED) is 0.147. The van der Waals surface area contributed by atoms with Gasteiger partial charge in [-0.05, 0) is 50.8 Å². The highest BCUT2D eigenvalue weighted by atomic mass is 16.5. The van der Waals surface area contributed by atoms with Crippen LogP contribution in [0.2, 0.25) is 0 Å². The molecule has 0 fully saturated rings. The summed E-state index contributed by atoms with van der Waals surface area (Å²) in [4.78, 5) is 52.0. The minimum Gasteiger partial charge on any atom is -0.379 e. The number of hydrogen-bond acceptors (Lipinski definition) is 11. The van der Waals surface area contributed by atoms with Gasteiger partial charge in [0.2, 0.25) is 11.8 Å². The number of rotatable bonds is 20. The molecule has 0 aromatic carbocycles. The first-order valence-electron chi connectivity index (χ1n) is 18.2. The molecule has 1 aliphatic heterocycles. The van der Waals surface area contributed by atoms with Gasteiger partial charge in [0, 0.05) is 50.7 Å². The van der Waals surface area contributed by atoms with Crippen LogP contribution in [0.3, 0.4) is 0 Å². The van der Waals surface area contributed by atoms with Crippen LogP contribution >= 0.6 is 0 Å². The van der Waals surface area contributed by atoms with E-state index in [1.165, 1.54) is 0 Å². The van der Waals surface area contributed by atoms with Crippen LogP contribution in [0.15, 0.2) is 30.6 Å². The Bertz CT molecular complexity index is 1650. The molecule has 0 aliphatic carbocycles. The Morgan fingerprint density at radius 3 is 2.48 bits per heavy atom. The maximum atomic E-state index is 13.8. The molecule has 3 amide bonds. The van der Waals surface area contributed by atoms with E-state index in [0.29, 0.717) is 93.4 Å². The van der Waals surface area contributed by atoms with E-state index in [-0.39, 0.29) is 41.8 Å². The molecular weight excluding hydrogens is 664 g/mol. The van der Waals surface area contributed by atoms with Crippen molar-refractivity contribution >= 4 is 29.4 Å². The highest BCUT2D eigenvalue weighted by Crippen LogP contribution is 2.32. The molecule has 3 aromatic heterocycles. The average molecular weight is 721 g/mol. The lowest BCUT2D eigenvalue weighted by Gasteiger charge is -2.30. The van der Waals surface area contributed by atoms with Gasteiger partial charge >= 0.3 is 0 Å². The Kier molecular flexibility index (Phi) is 14.6. The summed E-state index contributed by atoms with van der Waals surface area (Å²) < 4.78 is 13.0. The van der Waals surface area contributed by atoms with Gasteiger partial charge in [-0.1, -0.05) is 33.8 Å². The summed E-state index contributed by atoms with van der Waals surface area (Å²) in [6.45, 7) is 17.6. The van der Waals surface area contributed by atoms with Crippen LogP contribution in [0, 0.1) is 5.41 Å². The second kappa shape index (κ2) is 18.9. The van der Waals surface area contributed by atoms with Crippen LogP contribution in [0.5, 0.6) is 0 Å². The van der Waals surface area contributed by atoms with Gasteiger partial charge in [-0.3, -0.25) is 19.3 Å². The Labute approximate surface area is 307 Å². The van der Waals surface area contributed by atoms with E-state index in [1.807, 2.05) is 47.7 Å². The first kappa shape index (κ1) is 40.3. The SMILES string of the molecule is CC[C@@H](NC(=O)CCOCCOCCNC(=O)CNCc1nc(N(C)C(C)C)cc2c1CN(c1cccc(-c3nncn3CC)n1)C2=O)C(C)(C)C. The third-order valence-corrected chi connectivity index (χ3v) is 9.10. The molecule has 0 saturated carbocycles. The summed E-state index contributed by atoms with van der Waals surface area (Å²) in [6, 6.07) is 7.64. The van der Waals surface area contributed by atoms with Crippen molar-refractivity contribution in [2.75, 3.05) is 56.4 Å². The molecule has 0 bridgehead atoms. The number of aromatic nitrogens is 5.